The van der Waals surface area contributed by atoms with Crippen molar-refractivity contribution in [3.63, 3.8) is 0 Å². The number of rotatable bonds is 15. The Morgan fingerprint density at radius 1 is 1.08 bits per heavy atom. The number of aldehydes is 1. The van der Waals surface area contributed by atoms with E-state index >= 15 is 0 Å². The summed E-state index contributed by atoms with van der Waals surface area (Å²) < 4.78 is 24.4. The van der Waals surface area contributed by atoms with Gasteiger partial charge >= 0.3 is 5.97 Å². The van der Waals surface area contributed by atoms with Crippen molar-refractivity contribution >= 4 is 29.7 Å². The molecule has 4 atom stereocenters. The van der Waals surface area contributed by atoms with Crippen LogP contribution < -0.4 is 24.8 Å². The minimum atomic E-state index is -1.36. The number of esters is 1. The van der Waals surface area contributed by atoms with Crippen LogP contribution in [-0.4, -0.2) is 94.9 Å². The van der Waals surface area contributed by atoms with E-state index in [4.69, 9.17) is 18.9 Å². The molecule has 3 heterocycles. The van der Waals surface area contributed by atoms with Gasteiger partial charge in [-0.2, -0.15) is 0 Å². The van der Waals surface area contributed by atoms with Gasteiger partial charge < -0.3 is 44.5 Å². The summed E-state index contributed by atoms with van der Waals surface area (Å²) in [5.41, 5.74) is 0.964. The van der Waals surface area contributed by atoms with Crippen molar-refractivity contribution in [2.45, 2.75) is 83.0 Å². The lowest BCUT2D eigenvalue weighted by Crippen LogP contribution is -2.42. The van der Waals surface area contributed by atoms with E-state index in [1.807, 2.05) is 24.3 Å². The number of unbranched alkanes of at least 4 members (excludes halogenated alkanes) is 1. The SMILES string of the molecule is CCOC(=O)C1=C(C=O)C(=C2CC(CO)C(=O)C(c3ccc4c(c3)=CCN=4)C2)c2c(OCCCO)c3c(c(CO)c2O1)OC(C(C)(O)CCCCO)C3. The second kappa shape index (κ2) is 16.3. The van der Waals surface area contributed by atoms with Crippen molar-refractivity contribution in [3.05, 3.63) is 67.9 Å². The average Bonchev–Trinajstić information content (AvgIpc) is 3.82. The smallest absolute Gasteiger partial charge is 0.375 e. The lowest BCUT2D eigenvalue weighted by molar-refractivity contribution is -0.141. The molecule has 1 aliphatic carbocycles. The molecule has 4 unspecified atom stereocenters. The zero-order valence-corrected chi connectivity index (χ0v) is 30.1. The highest BCUT2D eigenvalue weighted by Crippen LogP contribution is 2.57. The molecular weight excluding hydrogens is 686 g/mol. The number of nitrogens with zero attached hydrogens (tertiary/aromatic N) is 1. The molecule has 6 rings (SSSR count). The number of allylic oxidation sites excluding steroid dienone is 3. The van der Waals surface area contributed by atoms with Crippen LogP contribution in [-0.2, 0) is 32.1 Å². The van der Waals surface area contributed by atoms with E-state index in [-0.39, 0.29) is 97.4 Å². The molecule has 284 valence electrons. The normalized spacial score (nSPS) is 22.8. The number of aliphatic hydroxyl groups is 5. The maximum atomic E-state index is 13.9. The van der Waals surface area contributed by atoms with Crippen molar-refractivity contribution in [1.82, 2.24) is 0 Å². The Balaban J connectivity index is 1.61. The molecule has 3 aliphatic heterocycles. The van der Waals surface area contributed by atoms with Crippen LogP contribution in [0.2, 0.25) is 0 Å². The molecule has 1 saturated carbocycles. The largest absolute Gasteiger partial charge is 0.492 e. The fourth-order valence-corrected chi connectivity index (χ4v) is 7.80. The maximum Gasteiger partial charge on any atom is 0.375 e. The Morgan fingerprint density at radius 2 is 1.87 bits per heavy atom. The minimum absolute atomic E-state index is 0.00952. The molecule has 0 bridgehead atoms. The third-order valence-electron chi connectivity index (χ3n) is 10.5. The van der Waals surface area contributed by atoms with Crippen LogP contribution in [0.3, 0.4) is 0 Å². The monoisotopic (exact) mass is 733 g/mol. The average molecular weight is 734 g/mol. The van der Waals surface area contributed by atoms with Crippen LogP contribution in [0.4, 0.5) is 0 Å². The highest BCUT2D eigenvalue weighted by molar-refractivity contribution is 6.11. The number of Topliss-reactive ketones (excluding diaryl/α,β-unsaturated/α-hetero) is 1. The highest BCUT2D eigenvalue weighted by Gasteiger charge is 2.46. The van der Waals surface area contributed by atoms with Crippen molar-refractivity contribution < 1.29 is 58.9 Å². The van der Waals surface area contributed by atoms with Gasteiger partial charge in [-0.05, 0) is 68.9 Å². The van der Waals surface area contributed by atoms with Gasteiger partial charge in [-0.1, -0.05) is 17.7 Å². The Hall–Kier alpha value is -4.40. The van der Waals surface area contributed by atoms with Gasteiger partial charge in [-0.25, -0.2) is 4.79 Å². The number of aliphatic hydroxyl groups excluding tert-OH is 4. The number of ether oxygens (including phenoxy) is 4. The Kier molecular flexibility index (Phi) is 11.8. The minimum Gasteiger partial charge on any atom is -0.492 e. The van der Waals surface area contributed by atoms with Crippen LogP contribution in [0.15, 0.2) is 40.1 Å². The van der Waals surface area contributed by atoms with Crippen molar-refractivity contribution in [3.8, 4) is 17.2 Å². The number of carbonyl (C=O) groups is 3. The third-order valence-corrected chi connectivity index (χ3v) is 10.5. The van der Waals surface area contributed by atoms with E-state index < -0.39 is 48.5 Å². The van der Waals surface area contributed by atoms with E-state index in [0.29, 0.717) is 43.2 Å². The number of hydrogen-bond acceptors (Lipinski definition) is 13. The molecule has 0 aromatic heterocycles. The summed E-state index contributed by atoms with van der Waals surface area (Å²) in [7, 11) is 0. The number of benzene rings is 2. The molecule has 0 radical (unpaired) electrons. The van der Waals surface area contributed by atoms with Crippen LogP contribution >= 0.6 is 0 Å². The number of fused-ring (bicyclic) bond motifs is 3. The van der Waals surface area contributed by atoms with E-state index in [9.17, 15) is 39.9 Å². The first-order valence-corrected chi connectivity index (χ1v) is 18.2. The Morgan fingerprint density at radius 3 is 2.57 bits per heavy atom. The molecule has 0 spiro atoms. The fourth-order valence-electron chi connectivity index (χ4n) is 7.80. The van der Waals surface area contributed by atoms with Gasteiger partial charge in [0, 0.05) is 49.0 Å². The summed E-state index contributed by atoms with van der Waals surface area (Å²) in [4.78, 5) is 45.1. The van der Waals surface area contributed by atoms with Gasteiger partial charge in [0.2, 0.25) is 5.76 Å². The number of carbonyl (C=O) groups excluding carboxylic acids is 3. The van der Waals surface area contributed by atoms with Crippen molar-refractivity contribution in [1.29, 1.82) is 0 Å². The summed E-state index contributed by atoms with van der Waals surface area (Å²) >= 11 is 0. The van der Waals surface area contributed by atoms with Gasteiger partial charge in [0.05, 0.1) is 60.6 Å². The maximum absolute atomic E-state index is 13.9. The fraction of sp³-hybridized carbons (Fsp3) is 0.500. The summed E-state index contributed by atoms with van der Waals surface area (Å²) in [6, 6.07) is 5.61. The molecule has 13 heteroatoms. The topological polar surface area (TPSA) is 202 Å². The van der Waals surface area contributed by atoms with Crippen LogP contribution in [0.5, 0.6) is 17.2 Å². The van der Waals surface area contributed by atoms with Gasteiger partial charge in [0.15, 0.2) is 6.29 Å². The predicted octanol–water partition coefficient (Wildman–Crippen LogP) is 1.49. The van der Waals surface area contributed by atoms with E-state index in [2.05, 4.69) is 4.99 Å². The lowest BCUT2D eigenvalue weighted by Gasteiger charge is -2.34. The lowest BCUT2D eigenvalue weighted by atomic mass is 9.71. The second-order valence-corrected chi connectivity index (χ2v) is 14.0. The molecule has 5 N–H and O–H groups in total. The van der Waals surface area contributed by atoms with Crippen molar-refractivity contribution in [2.75, 3.05) is 39.6 Å². The van der Waals surface area contributed by atoms with E-state index in [0.717, 1.165) is 16.1 Å². The summed E-state index contributed by atoms with van der Waals surface area (Å²) in [5.74, 6) is -2.63. The Labute approximate surface area is 306 Å². The standard InChI is InChI=1S/C40H47NO12/c1-3-50-39(48)38-28(20-45)32(24-16-25(19-44)34(47)26(17-24)22-7-8-30-23(15-22)9-11-41-30)33-36(51-14-6-13-43)27-18-31(40(2,49)10-4-5-12-42)52-35(27)29(21-46)37(33)53-38/h7-9,15,20,25-26,31,42-44,46,49H,3-6,10-14,16-19,21H2,1-2H3. The first-order chi connectivity index (χ1) is 25.6. The quantitative estimate of drug-likeness (QED) is 0.101. The molecular formula is C40H47NO12. The summed E-state index contributed by atoms with van der Waals surface area (Å²) in [5, 5.41) is 53.8. The molecule has 1 fully saturated rings. The van der Waals surface area contributed by atoms with Gasteiger partial charge in [0.1, 0.15) is 29.1 Å². The van der Waals surface area contributed by atoms with E-state index in [1.165, 1.54) is 0 Å². The van der Waals surface area contributed by atoms with Crippen LogP contribution in [0, 0.1) is 5.92 Å². The molecule has 0 amide bonds. The second-order valence-electron chi connectivity index (χ2n) is 14.0. The van der Waals surface area contributed by atoms with Crippen molar-refractivity contribution in [2.24, 2.45) is 10.9 Å². The summed E-state index contributed by atoms with van der Waals surface area (Å²) in [6.45, 7) is 2.51. The highest BCUT2D eigenvalue weighted by atomic mass is 16.6. The molecule has 53 heavy (non-hydrogen) atoms. The summed E-state index contributed by atoms with van der Waals surface area (Å²) in [6.07, 6.45) is 3.56. The van der Waals surface area contributed by atoms with Gasteiger partial charge in [-0.15, -0.1) is 0 Å². The van der Waals surface area contributed by atoms with Crippen LogP contribution in [0.1, 0.15) is 80.5 Å². The Bertz CT molecular complexity index is 1960. The first kappa shape index (κ1) is 38.3. The van der Waals surface area contributed by atoms with Gasteiger partial charge in [-0.3, -0.25) is 14.6 Å². The molecule has 0 saturated heterocycles. The third kappa shape index (κ3) is 7.28. The zero-order valence-electron chi connectivity index (χ0n) is 30.1. The number of hydrogen-bond donors (Lipinski definition) is 5. The van der Waals surface area contributed by atoms with Gasteiger partial charge in [0.25, 0.3) is 0 Å². The van der Waals surface area contributed by atoms with Crippen LogP contribution in [0.25, 0.3) is 11.6 Å². The predicted molar refractivity (Wildman–Crippen MR) is 191 cm³/mol. The molecule has 2 aromatic carbocycles. The number of ketones is 1. The molecule has 4 aliphatic rings. The molecule has 13 nitrogen and oxygen atoms in total. The first-order valence-electron chi connectivity index (χ1n) is 18.2. The van der Waals surface area contributed by atoms with E-state index in [1.54, 1.807) is 13.8 Å². The zero-order chi connectivity index (χ0) is 37.9. The molecule has 2 aromatic rings.